The van der Waals surface area contributed by atoms with E-state index >= 15 is 0 Å². The van der Waals surface area contributed by atoms with Crippen LogP contribution >= 0.6 is 0 Å². The number of benzene rings is 10. The SMILES string of the molecule is CC1(C)c2ccccc2-c2ccc(-c3ccc(N(c4ccc(-c5ccccc5)cc4)c4ccc(-c5ccccc5-c5ccccc5-n5c6ccccc6c6ccccc65)cc4)cc3)cc21. The minimum absolute atomic E-state index is 0.0486. The van der Waals surface area contributed by atoms with Gasteiger partial charge in [0.05, 0.1) is 16.7 Å². The Hall–Kier alpha value is -8.20. The number of hydrogen-bond acceptors (Lipinski definition) is 1. The molecule has 1 aliphatic rings. The maximum Gasteiger partial charge on any atom is 0.0541 e. The van der Waals surface area contributed by atoms with Crippen LogP contribution in [0.25, 0.3) is 83.1 Å². The minimum Gasteiger partial charge on any atom is -0.311 e. The summed E-state index contributed by atoms with van der Waals surface area (Å²) in [5.41, 5.74) is 21.9. The summed E-state index contributed by atoms with van der Waals surface area (Å²) in [7, 11) is 0. The van der Waals surface area contributed by atoms with Crippen molar-refractivity contribution in [3.63, 3.8) is 0 Å². The number of nitrogens with zero attached hydrogens (tertiary/aromatic N) is 2. The van der Waals surface area contributed by atoms with Crippen LogP contribution in [0.4, 0.5) is 17.1 Å². The lowest BCUT2D eigenvalue weighted by molar-refractivity contribution is 0.660. The van der Waals surface area contributed by atoms with Crippen LogP contribution in [-0.2, 0) is 5.41 Å². The fourth-order valence-corrected chi connectivity index (χ4v) is 10.4. The summed E-state index contributed by atoms with van der Waals surface area (Å²) in [6.07, 6.45) is 0. The molecule has 0 spiro atoms. The quantitative estimate of drug-likeness (QED) is 0.148. The first kappa shape index (κ1) is 38.5. The number of hydrogen-bond donors (Lipinski definition) is 0. The predicted octanol–water partition coefficient (Wildman–Crippen LogP) is 17.2. The van der Waals surface area contributed by atoms with Crippen molar-refractivity contribution in [1.82, 2.24) is 4.57 Å². The van der Waals surface area contributed by atoms with Crippen molar-refractivity contribution in [2.24, 2.45) is 0 Å². The van der Waals surface area contributed by atoms with Crippen molar-refractivity contribution in [2.75, 3.05) is 4.90 Å². The van der Waals surface area contributed by atoms with Crippen LogP contribution in [-0.4, -0.2) is 4.57 Å². The van der Waals surface area contributed by atoms with Crippen molar-refractivity contribution in [3.05, 3.63) is 254 Å². The number of aromatic nitrogens is 1. The Labute approximate surface area is 381 Å². The van der Waals surface area contributed by atoms with Gasteiger partial charge in [0.15, 0.2) is 0 Å². The highest BCUT2D eigenvalue weighted by atomic mass is 15.1. The first-order valence-electron chi connectivity index (χ1n) is 22.6. The van der Waals surface area contributed by atoms with Gasteiger partial charge in [0.2, 0.25) is 0 Å². The van der Waals surface area contributed by atoms with E-state index in [4.69, 9.17) is 0 Å². The van der Waals surface area contributed by atoms with Crippen LogP contribution in [0.3, 0.4) is 0 Å². The van der Waals surface area contributed by atoms with E-state index in [0.717, 1.165) is 28.3 Å². The van der Waals surface area contributed by atoms with Crippen molar-refractivity contribution in [2.45, 2.75) is 19.3 Å². The molecule has 65 heavy (non-hydrogen) atoms. The molecule has 12 rings (SSSR count). The van der Waals surface area contributed by atoms with Crippen LogP contribution in [0.15, 0.2) is 243 Å². The molecule has 0 aliphatic heterocycles. The zero-order valence-electron chi connectivity index (χ0n) is 36.5. The average Bonchev–Trinajstić information content (AvgIpc) is 3.83. The Morgan fingerprint density at radius 2 is 0.738 bits per heavy atom. The molecule has 10 aromatic carbocycles. The van der Waals surface area contributed by atoms with Gasteiger partial charge in [-0.3, -0.25) is 0 Å². The van der Waals surface area contributed by atoms with Gasteiger partial charge in [-0.05, 0) is 122 Å². The lowest BCUT2D eigenvalue weighted by Gasteiger charge is -2.26. The molecule has 11 aromatic rings. The molecule has 0 atom stereocenters. The summed E-state index contributed by atoms with van der Waals surface area (Å²) in [6, 6.07) is 88.7. The molecule has 0 amide bonds. The number of rotatable bonds is 8. The third kappa shape index (κ3) is 6.49. The van der Waals surface area contributed by atoms with E-state index in [1.54, 1.807) is 0 Å². The summed E-state index contributed by atoms with van der Waals surface area (Å²) < 4.78 is 2.43. The van der Waals surface area contributed by atoms with E-state index in [-0.39, 0.29) is 5.41 Å². The zero-order valence-corrected chi connectivity index (χ0v) is 36.5. The molecule has 0 saturated heterocycles. The Morgan fingerprint density at radius 3 is 1.37 bits per heavy atom. The van der Waals surface area contributed by atoms with E-state index in [2.05, 4.69) is 266 Å². The summed E-state index contributed by atoms with van der Waals surface area (Å²) in [6.45, 7) is 4.70. The highest BCUT2D eigenvalue weighted by Crippen LogP contribution is 2.50. The maximum absolute atomic E-state index is 2.43. The maximum atomic E-state index is 2.43. The van der Waals surface area contributed by atoms with Gasteiger partial charge in [-0.2, -0.15) is 0 Å². The van der Waals surface area contributed by atoms with Gasteiger partial charge in [-0.1, -0.05) is 196 Å². The van der Waals surface area contributed by atoms with Crippen molar-refractivity contribution < 1.29 is 0 Å². The lowest BCUT2D eigenvalue weighted by atomic mass is 9.81. The molecule has 1 aromatic heterocycles. The smallest absolute Gasteiger partial charge is 0.0541 e. The minimum atomic E-state index is -0.0486. The number of anilines is 3. The first-order chi connectivity index (χ1) is 32.0. The van der Waals surface area contributed by atoms with Gasteiger partial charge in [0.25, 0.3) is 0 Å². The molecule has 0 fully saturated rings. The number of para-hydroxylation sites is 3. The van der Waals surface area contributed by atoms with Crippen LogP contribution in [0.5, 0.6) is 0 Å². The van der Waals surface area contributed by atoms with Gasteiger partial charge in [-0.25, -0.2) is 0 Å². The Kier molecular flexibility index (Phi) is 9.21. The summed E-state index contributed by atoms with van der Waals surface area (Å²) in [4.78, 5) is 2.37. The molecular weight excluding hydrogens is 785 g/mol. The van der Waals surface area contributed by atoms with Gasteiger partial charge in [0.1, 0.15) is 0 Å². The number of fused-ring (bicyclic) bond motifs is 6. The highest BCUT2D eigenvalue weighted by molar-refractivity contribution is 6.10. The van der Waals surface area contributed by atoms with Crippen molar-refractivity contribution >= 4 is 38.9 Å². The molecule has 0 unspecified atom stereocenters. The average molecular weight is 831 g/mol. The van der Waals surface area contributed by atoms with Crippen molar-refractivity contribution in [3.8, 4) is 61.3 Å². The fourth-order valence-electron chi connectivity index (χ4n) is 10.4. The van der Waals surface area contributed by atoms with Crippen LogP contribution in [0.1, 0.15) is 25.0 Å². The van der Waals surface area contributed by atoms with Gasteiger partial charge >= 0.3 is 0 Å². The van der Waals surface area contributed by atoms with Gasteiger partial charge in [-0.15, -0.1) is 0 Å². The topological polar surface area (TPSA) is 8.17 Å². The normalized spacial score (nSPS) is 12.6. The van der Waals surface area contributed by atoms with Crippen LogP contribution in [0, 0.1) is 0 Å². The molecule has 0 radical (unpaired) electrons. The lowest BCUT2D eigenvalue weighted by Crippen LogP contribution is -2.14. The molecule has 1 aliphatic carbocycles. The summed E-state index contributed by atoms with van der Waals surface area (Å²) in [5.74, 6) is 0. The summed E-state index contributed by atoms with van der Waals surface area (Å²) in [5, 5.41) is 2.52. The Morgan fingerprint density at radius 1 is 0.308 bits per heavy atom. The molecule has 0 saturated carbocycles. The highest BCUT2D eigenvalue weighted by Gasteiger charge is 2.35. The molecule has 2 heteroatoms. The monoisotopic (exact) mass is 830 g/mol. The summed E-state index contributed by atoms with van der Waals surface area (Å²) >= 11 is 0. The molecule has 0 N–H and O–H groups in total. The fraction of sp³-hybridized carbons (Fsp3) is 0.0476. The standard InChI is InChI=1S/C63H46N2/c1-63(2)58-24-12-8-20-53(58)54-41-34-47(42-59(54)63)45-30-37-49(38-31-45)64(48-35-28-44(29-36-48)43-16-4-3-5-17-43)50-39-32-46(33-40-50)51-18-6-7-19-52(51)55-21-9-13-25-60(55)65-61-26-14-10-22-56(61)57-23-11-15-27-62(57)65/h3-42H,1-2H3. The van der Waals surface area contributed by atoms with E-state index in [9.17, 15) is 0 Å². The van der Waals surface area contributed by atoms with Gasteiger partial charge < -0.3 is 9.47 Å². The Bertz CT molecular complexity index is 3490. The van der Waals surface area contributed by atoms with E-state index in [1.807, 2.05) is 0 Å². The largest absolute Gasteiger partial charge is 0.311 e. The van der Waals surface area contributed by atoms with Gasteiger partial charge in [0, 0.05) is 38.8 Å². The van der Waals surface area contributed by atoms with E-state index in [1.165, 1.54) is 83.0 Å². The second kappa shape index (κ2) is 15.6. The Balaban J connectivity index is 0.924. The second-order valence-corrected chi connectivity index (χ2v) is 17.7. The molecule has 308 valence electrons. The van der Waals surface area contributed by atoms with E-state index in [0.29, 0.717) is 0 Å². The van der Waals surface area contributed by atoms with Crippen LogP contribution < -0.4 is 4.90 Å². The molecule has 0 bridgehead atoms. The third-order valence-electron chi connectivity index (χ3n) is 13.7. The van der Waals surface area contributed by atoms with E-state index < -0.39 is 0 Å². The van der Waals surface area contributed by atoms with Crippen LogP contribution in [0.2, 0.25) is 0 Å². The molecule has 1 heterocycles. The zero-order chi connectivity index (χ0) is 43.5. The predicted molar refractivity (Wildman–Crippen MR) is 275 cm³/mol. The third-order valence-corrected chi connectivity index (χ3v) is 13.7. The first-order valence-corrected chi connectivity index (χ1v) is 22.6. The molecular formula is C63H46N2. The van der Waals surface area contributed by atoms with Crippen molar-refractivity contribution in [1.29, 1.82) is 0 Å². The molecule has 2 nitrogen and oxygen atoms in total. The second-order valence-electron chi connectivity index (χ2n) is 17.7.